The second-order valence-corrected chi connectivity index (χ2v) is 7.15. The fraction of sp³-hybridized carbons (Fsp3) is 0.650. The summed E-state index contributed by atoms with van der Waals surface area (Å²) in [6.07, 6.45) is 4.82. The highest BCUT2D eigenvalue weighted by atomic mass is 16.5. The van der Waals surface area contributed by atoms with Crippen LogP contribution < -0.4 is 0 Å². The zero-order valence-corrected chi connectivity index (χ0v) is 16.6. The maximum atomic E-state index is 13.0. The van der Waals surface area contributed by atoms with E-state index in [1.807, 2.05) is 13.8 Å². The van der Waals surface area contributed by atoms with Crippen LogP contribution in [0.15, 0.2) is 0 Å². The Balaban J connectivity index is 2.27. The number of Topliss-reactive ketones (excluding diaryl/α,β-unsaturated/α-hetero) is 1. The van der Waals surface area contributed by atoms with Crippen molar-refractivity contribution in [2.24, 2.45) is 13.0 Å². The molecule has 0 radical (unpaired) electrons. The number of carbonyl (C=O) groups is 3. The molecular formula is C20H30N2O4. The summed E-state index contributed by atoms with van der Waals surface area (Å²) >= 11 is 0. The smallest absolute Gasteiger partial charge is 0.354 e. The summed E-state index contributed by atoms with van der Waals surface area (Å²) in [7, 11) is 3.08. The zero-order chi connectivity index (χ0) is 19.4. The first-order valence-corrected chi connectivity index (χ1v) is 9.39. The van der Waals surface area contributed by atoms with E-state index in [0.29, 0.717) is 23.4 Å². The van der Waals surface area contributed by atoms with Crippen LogP contribution in [0.5, 0.6) is 0 Å². The number of aromatic nitrogens is 1. The van der Waals surface area contributed by atoms with Gasteiger partial charge in [-0.05, 0) is 38.7 Å². The van der Waals surface area contributed by atoms with Gasteiger partial charge in [-0.1, -0.05) is 19.8 Å². The van der Waals surface area contributed by atoms with Crippen molar-refractivity contribution in [2.75, 3.05) is 20.2 Å². The predicted molar refractivity (Wildman–Crippen MR) is 99.4 cm³/mol. The molecule has 0 unspecified atom stereocenters. The summed E-state index contributed by atoms with van der Waals surface area (Å²) in [6, 6.07) is 0. The van der Waals surface area contributed by atoms with Crippen LogP contribution >= 0.6 is 0 Å². The van der Waals surface area contributed by atoms with Crippen molar-refractivity contribution >= 4 is 17.7 Å². The SMILES string of the molecule is CCCN(CC(=O)c1c(C)c(C(=O)OC)n(C)c1C)C(=O)C1CCCC1. The highest BCUT2D eigenvalue weighted by Crippen LogP contribution is 2.27. The number of carbonyl (C=O) groups excluding carboxylic acids is 3. The average Bonchev–Trinajstić information content (AvgIpc) is 3.21. The van der Waals surface area contributed by atoms with Gasteiger partial charge < -0.3 is 14.2 Å². The third-order valence-electron chi connectivity index (χ3n) is 5.43. The minimum atomic E-state index is -0.459. The van der Waals surface area contributed by atoms with Crippen LogP contribution in [0, 0.1) is 19.8 Å². The van der Waals surface area contributed by atoms with Crippen LogP contribution in [-0.2, 0) is 16.6 Å². The molecular weight excluding hydrogens is 332 g/mol. The number of nitrogens with zero attached hydrogens (tertiary/aromatic N) is 2. The van der Waals surface area contributed by atoms with Crippen molar-refractivity contribution in [3.05, 3.63) is 22.5 Å². The maximum Gasteiger partial charge on any atom is 0.354 e. The van der Waals surface area contributed by atoms with E-state index in [-0.39, 0.29) is 24.2 Å². The Hall–Kier alpha value is -2.11. The normalized spacial score (nSPS) is 14.5. The standard InChI is InChI=1S/C20H30N2O4/c1-6-11-22(19(24)15-9-7-8-10-15)12-16(23)17-13(2)18(20(25)26-5)21(4)14(17)3/h15H,6-12H2,1-5H3. The summed E-state index contributed by atoms with van der Waals surface area (Å²) in [4.78, 5) is 39.5. The van der Waals surface area contributed by atoms with E-state index in [0.717, 1.165) is 37.8 Å². The Morgan fingerprint density at radius 2 is 1.81 bits per heavy atom. The van der Waals surface area contributed by atoms with Crippen molar-refractivity contribution < 1.29 is 19.1 Å². The Bertz CT molecular complexity index is 699. The Morgan fingerprint density at radius 1 is 1.19 bits per heavy atom. The summed E-state index contributed by atoms with van der Waals surface area (Å²) in [5.74, 6) is -0.430. The molecule has 1 fully saturated rings. The van der Waals surface area contributed by atoms with Crippen LogP contribution in [0.4, 0.5) is 0 Å². The Morgan fingerprint density at radius 3 is 2.35 bits per heavy atom. The molecule has 0 atom stereocenters. The van der Waals surface area contributed by atoms with E-state index in [2.05, 4.69) is 0 Å². The highest BCUT2D eigenvalue weighted by molar-refractivity contribution is 6.04. The first kappa shape index (κ1) is 20.2. The van der Waals surface area contributed by atoms with Gasteiger partial charge in [0.05, 0.1) is 13.7 Å². The molecule has 0 saturated heterocycles. The van der Waals surface area contributed by atoms with Crippen LogP contribution in [0.3, 0.4) is 0 Å². The largest absolute Gasteiger partial charge is 0.464 e. The van der Waals surface area contributed by atoms with E-state index in [1.165, 1.54) is 7.11 Å². The lowest BCUT2D eigenvalue weighted by molar-refractivity contribution is -0.134. The van der Waals surface area contributed by atoms with Gasteiger partial charge in [-0.2, -0.15) is 0 Å². The van der Waals surface area contributed by atoms with Crippen molar-refractivity contribution in [3.8, 4) is 0 Å². The summed E-state index contributed by atoms with van der Waals surface area (Å²) in [5, 5.41) is 0. The molecule has 0 bridgehead atoms. The lowest BCUT2D eigenvalue weighted by Crippen LogP contribution is -2.39. The summed E-state index contributed by atoms with van der Waals surface area (Å²) in [6.45, 7) is 6.23. The quantitative estimate of drug-likeness (QED) is 0.552. The number of ether oxygens (including phenoxy) is 1. The van der Waals surface area contributed by atoms with Crippen molar-refractivity contribution in [1.82, 2.24) is 9.47 Å². The van der Waals surface area contributed by atoms with E-state index in [1.54, 1.807) is 23.4 Å². The van der Waals surface area contributed by atoms with E-state index in [9.17, 15) is 14.4 Å². The molecule has 1 saturated carbocycles. The fourth-order valence-corrected chi connectivity index (χ4v) is 3.99. The molecule has 1 aromatic heterocycles. The minimum absolute atomic E-state index is 0.0537. The van der Waals surface area contributed by atoms with Crippen LogP contribution in [0.25, 0.3) is 0 Å². The molecule has 6 heteroatoms. The first-order valence-electron chi connectivity index (χ1n) is 9.39. The average molecular weight is 362 g/mol. The second-order valence-electron chi connectivity index (χ2n) is 7.15. The van der Waals surface area contributed by atoms with Crippen LogP contribution in [-0.4, -0.2) is 47.3 Å². The van der Waals surface area contributed by atoms with E-state index >= 15 is 0 Å². The Kier molecular flexibility index (Phi) is 6.62. The first-order chi connectivity index (χ1) is 12.3. The lowest BCUT2D eigenvalue weighted by Gasteiger charge is -2.24. The molecule has 26 heavy (non-hydrogen) atoms. The number of rotatable bonds is 7. The molecule has 2 rings (SSSR count). The molecule has 0 N–H and O–H groups in total. The molecule has 6 nitrogen and oxygen atoms in total. The van der Waals surface area contributed by atoms with Gasteiger partial charge in [-0.3, -0.25) is 9.59 Å². The molecule has 1 aromatic rings. The number of amides is 1. The maximum absolute atomic E-state index is 13.0. The topological polar surface area (TPSA) is 68.6 Å². The van der Waals surface area contributed by atoms with E-state index in [4.69, 9.17) is 4.74 Å². The van der Waals surface area contributed by atoms with Crippen molar-refractivity contribution in [3.63, 3.8) is 0 Å². The summed E-state index contributed by atoms with van der Waals surface area (Å²) in [5.41, 5.74) is 2.25. The van der Waals surface area contributed by atoms with Gasteiger partial charge in [0, 0.05) is 30.8 Å². The van der Waals surface area contributed by atoms with Gasteiger partial charge in [0.25, 0.3) is 0 Å². The van der Waals surface area contributed by atoms with Gasteiger partial charge in [0.2, 0.25) is 5.91 Å². The number of hydrogen-bond donors (Lipinski definition) is 0. The molecule has 0 spiro atoms. The monoisotopic (exact) mass is 362 g/mol. The lowest BCUT2D eigenvalue weighted by atomic mass is 10.0. The predicted octanol–water partition coefficient (Wildman–Crippen LogP) is 3.04. The zero-order valence-electron chi connectivity index (χ0n) is 16.6. The molecule has 0 aromatic carbocycles. The van der Waals surface area contributed by atoms with Crippen molar-refractivity contribution in [1.29, 1.82) is 0 Å². The van der Waals surface area contributed by atoms with Gasteiger partial charge in [-0.15, -0.1) is 0 Å². The molecule has 1 aliphatic carbocycles. The third kappa shape index (κ3) is 3.84. The van der Waals surface area contributed by atoms with Gasteiger partial charge in [0.1, 0.15) is 5.69 Å². The van der Waals surface area contributed by atoms with Crippen LogP contribution in [0.2, 0.25) is 0 Å². The van der Waals surface area contributed by atoms with Gasteiger partial charge >= 0.3 is 5.97 Å². The molecule has 1 aliphatic rings. The second kappa shape index (κ2) is 8.52. The fourth-order valence-electron chi connectivity index (χ4n) is 3.99. The number of methoxy groups -OCH3 is 1. The number of hydrogen-bond acceptors (Lipinski definition) is 4. The summed E-state index contributed by atoms with van der Waals surface area (Å²) < 4.78 is 6.53. The van der Waals surface area contributed by atoms with Crippen molar-refractivity contribution in [2.45, 2.75) is 52.9 Å². The number of esters is 1. The minimum Gasteiger partial charge on any atom is -0.464 e. The van der Waals surface area contributed by atoms with Crippen LogP contribution in [0.1, 0.15) is 71.1 Å². The third-order valence-corrected chi connectivity index (χ3v) is 5.43. The van der Waals surface area contributed by atoms with Gasteiger partial charge in [0.15, 0.2) is 5.78 Å². The molecule has 1 heterocycles. The number of ketones is 1. The molecule has 1 amide bonds. The van der Waals surface area contributed by atoms with Gasteiger partial charge in [-0.25, -0.2) is 4.79 Å². The molecule has 144 valence electrons. The Labute approximate surface area is 155 Å². The highest BCUT2D eigenvalue weighted by Gasteiger charge is 2.30. The molecule has 0 aliphatic heterocycles. The van der Waals surface area contributed by atoms with E-state index < -0.39 is 5.97 Å².